The minimum absolute atomic E-state index is 0.124. The smallest absolute Gasteiger partial charge is 0.339 e. The van der Waals surface area contributed by atoms with E-state index in [0.717, 1.165) is 21.6 Å². The molecule has 0 aliphatic carbocycles. The van der Waals surface area contributed by atoms with Crippen LogP contribution < -0.4 is 15.0 Å². The summed E-state index contributed by atoms with van der Waals surface area (Å²) in [6.07, 6.45) is 1.26. The monoisotopic (exact) mass is 470 g/mol. The number of aryl methyl sites for hydroxylation is 2. The highest BCUT2D eigenvalue weighted by molar-refractivity contribution is 6.39. The molecule has 0 aromatic heterocycles. The average Bonchev–Trinajstić information content (AvgIpc) is 2.83. The van der Waals surface area contributed by atoms with Crippen LogP contribution in [0.5, 0.6) is 5.75 Å². The Labute approximate surface area is 201 Å². The van der Waals surface area contributed by atoms with Crippen LogP contribution in [0.4, 0.5) is 10.5 Å². The first-order valence-electron chi connectivity index (χ1n) is 10.8. The third-order valence-corrected chi connectivity index (χ3v) is 5.63. The number of amides is 4. The Morgan fingerprint density at radius 1 is 0.971 bits per heavy atom. The van der Waals surface area contributed by atoms with E-state index in [2.05, 4.69) is 5.32 Å². The number of carbonyl (C=O) groups excluding carboxylic acids is 3. The Bertz CT molecular complexity index is 1380. The van der Waals surface area contributed by atoms with Gasteiger partial charge in [0.05, 0.1) is 5.69 Å². The van der Waals surface area contributed by atoms with Crippen molar-refractivity contribution in [1.29, 1.82) is 0 Å². The Hall–Kier alpha value is -4.72. The number of aromatic carboxylic acids is 1. The highest BCUT2D eigenvalue weighted by Crippen LogP contribution is 2.26. The van der Waals surface area contributed by atoms with Gasteiger partial charge in [0.15, 0.2) is 0 Å². The predicted molar refractivity (Wildman–Crippen MR) is 129 cm³/mol. The maximum Gasteiger partial charge on any atom is 0.339 e. The molecule has 8 heteroatoms. The maximum absolute atomic E-state index is 13.1. The number of carboxylic acids is 1. The number of carbonyl (C=O) groups is 4. The zero-order valence-electron chi connectivity index (χ0n) is 19.1. The summed E-state index contributed by atoms with van der Waals surface area (Å²) in [6, 6.07) is 17.8. The second kappa shape index (κ2) is 9.64. The molecule has 0 atom stereocenters. The molecule has 1 fully saturated rings. The molecular weight excluding hydrogens is 448 g/mol. The van der Waals surface area contributed by atoms with Gasteiger partial charge in [-0.2, -0.15) is 0 Å². The summed E-state index contributed by atoms with van der Waals surface area (Å²) in [5, 5.41) is 11.8. The molecule has 2 N–H and O–H groups in total. The largest absolute Gasteiger partial charge is 0.488 e. The number of hydrogen-bond donors (Lipinski definition) is 2. The molecule has 8 nitrogen and oxygen atoms in total. The van der Waals surface area contributed by atoms with Crippen LogP contribution in [-0.2, 0) is 16.2 Å². The Morgan fingerprint density at radius 2 is 1.71 bits per heavy atom. The fourth-order valence-corrected chi connectivity index (χ4v) is 3.59. The van der Waals surface area contributed by atoms with Gasteiger partial charge in [0, 0.05) is 0 Å². The number of nitrogens with zero attached hydrogens (tertiary/aromatic N) is 1. The van der Waals surface area contributed by atoms with E-state index in [1.807, 2.05) is 44.2 Å². The van der Waals surface area contributed by atoms with Crippen LogP contribution in [0, 0.1) is 13.8 Å². The predicted octanol–water partition coefficient (Wildman–Crippen LogP) is 4.25. The lowest BCUT2D eigenvalue weighted by atomic mass is 10.0. The van der Waals surface area contributed by atoms with Crippen LogP contribution in [0.3, 0.4) is 0 Å². The summed E-state index contributed by atoms with van der Waals surface area (Å²) in [7, 11) is 0. The molecule has 1 heterocycles. The molecule has 4 rings (SSSR count). The molecule has 1 saturated heterocycles. The summed E-state index contributed by atoms with van der Waals surface area (Å²) in [5.41, 5.74) is 2.94. The van der Waals surface area contributed by atoms with Crippen molar-refractivity contribution in [2.75, 3.05) is 4.90 Å². The number of hydrogen-bond acceptors (Lipinski definition) is 5. The first-order valence-corrected chi connectivity index (χ1v) is 10.8. The molecule has 0 bridgehead atoms. The van der Waals surface area contributed by atoms with Gasteiger partial charge in [0.2, 0.25) is 0 Å². The molecule has 3 aromatic rings. The lowest BCUT2D eigenvalue weighted by molar-refractivity contribution is -0.122. The Morgan fingerprint density at radius 3 is 2.40 bits per heavy atom. The van der Waals surface area contributed by atoms with Gasteiger partial charge in [-0.05, 0) is 66.4 Å². The fraction of sp³-hybridized carbons (Fsp3) is 0.111. The van der Waals surface area contributed by atoms with E-state index in [-0.39, 0.29) is 23.5 Å². The first kappa shape index (κ1) is 23.4. The van der Waals surface area contributed by atoms with E-state index in [9.17, 15) is 24.3 Å². The first-order chi connectivity index (χ1) is 16.7. The van der Waals surface area contributed by atoms with Crippen molar-refractivity contribution in [3.8, 4) is 5.75 Å². The number of ether oxygens (including phenoxy) is 1. The van der Waals surface area contributed by atoms with Gasteiger partial charge in [-0.3, -0.25) is 14.9 Å². The molecule has 0 spiro atoms. The van der Waals surface area contributed by atoms with E-state index in [1.54, 1.807) is 18.2 Å². The number of nitrogens with one attached hydrogen (secondary N) is 1. The van der Waals surface area contributed by atoms with Crippen LogP contribution in [-0.4, -0.2) is 28.9 Å². The molecule has 1 aliphatic rings. The second-order valence-corrected chi connectivity index (χ2v) is 8.06. The molecule has 0 unspecified atom stereocenters. The number of imide groups is 2. The van der Waals surface area contributed by atoms with Crippen LogP contribution in [0.1, 0.15) is 32.6 Å². The van der Waals surface area contributed by atoms with Crippen molar-refractivity contribution in [3.05, 3.63) is 100 Å². The Kier molecular flexibility index (Phi) is 6.46. The van der Waals surface area contributed by atoms with Crippen LogP contribution in [0.15, 0.2) is 72.3 Å². The van der Waals surface area contributed by atoms with Crippen molar-refractivity contribution >= 4 is 35.6 Å². The third kappa shape index (κ3) is 4.96. The molecule has 0 radical (unpaired) electrons. The van der Waals surface area contributed by atoms with E-state index in [4.69, 9.17) is 4.74 Å². The topological polar surface area (TPSA) is 113 Å². The summed E-state index contributed by atoms with van der Waals surface area (Å²) in [6.45, 7) is 3.93. The summed E-state index contributed by atoms with van der Waals surface area (Å²) < 4.78 is 5.68. The fourth-order valence-electron chi connectivity index (χ4n) is 3.59. The summed E-state index contributed by atoms with van der Waals surface area (Å²) in [5.74, 6) is -2.74. The van der Waals surface area contributed by atoms with E-state index in [1.165, 1.54) is 24.3 Å². The van der Waals surface area contributed by atoms with Gasteiger partial charge in [-0.25, -0.2) is 14.5 Å². The molecular formula is C27H22N2O6. The van der Waals surface area contributed by atoms with Crippen LogP contribution in [0.2, 0.25) is 0 Å². The zero-order valence-corrected chi connectivity index (χ0v) is 19.1. The molecule has 3 aromatic carbocycles. The molecule has 1 aliphatic heterocycles. The number of benzene rings is 3. The minimum Gasteiger partial charge on any atom is -0.488 e. The highest BCUT2D eigenvalue weighted by atomic mass is 16.5. The minimum atomic E-state index is -1.22. The number of carboxylic acid groups (broad SMARTS) is 1. The molecule has 4 amide bonds. The quantitative estimate of drug-likeness (QED) is 0.411. The zero-order chi connectivity index (χ0) is 25.1. The highest BCUT2D eigenvalue weighted by Gasteiger charge is 2.37. The lowest BCUT2D eigenvalue weighted by Gasteiger charge is -2.26. The molecule has 35 heavy (non-hydrogen) atoms. The third-order valence-electron chi connectivity index (χ3n) is 5.63. The number of urea groups is 1. The van der Waals surface area contributed by atoms with Crippen molar-refractivity contribution in [2.45, 2.75) is 20.5 Å². The van der Waals surface area contributed by atoms with Gasteiger partial charge in [-0.1, -0.05) is 42.5 Å². The Balaban J connectivity index is 1.65. The van der Waals surface area contributed by atoms with Crippen molar-refractivity contribution in [2.24, 2.45) is 0 Å². The number of anilines is 1. The number of rotatable bonds is 6. The second-order valence-electron chi connectivity index (χ2n) is 8.06. The van der Waals surface area contributed by atoms with Gasteiger partial charge in [-0.15, -0.1) is 0 Å². The van der Waals surface area contributed by atoms with E-state index >= 15 is 0 Å². The SMILES string of the molecule is Cc1ccc(N2C(=O)NC(=O)/C(=C/c3ccc(OCc4ccccc4)c(C(=O)O)c3)C2=O)cc1C. The maximum atomic E-state index is 13.1. The van der Waals surface area contributed by atoms with Crippen molar-refractivity contribution in [1.82, 2.24) is 5.32 Å². The van der Waals surface area contributed by atoms with Crippen LogP contribution in [0.25, 0.3) is 6.08 Å². The van der Waals surface area contributed by atoms with Gasteiger partial charge >= 0.3 is 12.0 Å². The summed E-state index contributed by atoms with van der Waals surface area (Å²) >= 11 is 0. The standard InChI is InChI=1S/C27H22N2O6/c1-16-8-10-20(12-17(16)2)29-25(31)22(24(30)28-27(29)34)14-19-9-11-23(21(13-19)26(32)33)35-15-18-6-4-3-5-7-18/h3-14H,15H2,1-2H3,(H,32,33)(H,28,30,34)/b22-14-. The average molecular weight is 470 g/mol. The van der Waals surface area contributed by atoms with Gasteiger partial charge < -0.3 is 9.84 Å². The summed E-state index contributed by atoms with van der Waals surface area (Å²) in [4.78, 5) is 50.8. The normalized spacial score (nSPS) is 14.7. The number of barbiturate groups is 1. The van der Waals surface area contributed by atoms with E-state index < -0.39 is 23.8 Å². The van der Waals surface area contributed by atoms with E-state index in [0.29, 0.717) is 11.3 Å². The molecule has 176 valence electrons. The lowest BCUT2D eigenvalue weighted by Crippen LogP contribution is -2.54. The van der Waals surface area contributed by atoms with Gasteiger partial charge in [0.25, 0.3) is 11.8 Å². The van der Waals surface area contributed by atoms with Crippen molar-refractivity contribution in [3.63, 3.8) is 0 Å². The van der Waals surface area contributed by atoms with Crippen molar-refractivity contribution < 1.29 is 29.0 Å². The van der Waals surface area contributed by atoms with Gasteiger partial charge in [0.1, 0.15) is 23.5 Å². The molecule has 0 saturated carbocycles. The van der Waals surface area contributed by atoms with Crippen LogP contribution >= 0.6 is 0 Å².